The van der Waals surface area contributed by atoms with Gasteiger partial charge in [-0.25, -0.2) is 0 Å². The van der Waals surface area contributed by atoms with Gasteiger partial charge < -0.3 is 20.4 Å². The average Bonchev–Trinajstić information content (AvgIpc) is 3.66. The minimum Gasteiger partial charge on any atom is -0.507 e. The largest absolute Gasteiger partial charge is 0.507 e. The molecule has 0 spiro atoms. The van der Waals surface area contributed by atoms with E-state index in [1.165, 1.54) is 0 Å². The molecule has 4 nitrogen and oxygen atoms in total. The number of phenolic OH excluding ortho intramolecular Hbond substituents is 4. The second-order valence-corrected chi connectivity index (χ2v) is 27.4. The van der Waals surface area contributed by atoms with Gasteiger partial charge in [0.15, 0.2) is 16.1 Å². The molecule has 6 heteroatoms. The van der Waals surface area contributed by atoms with Gasteiger partial charge in [0.2, 0.25) is 0 Å². The van der Waals surface area contributed by atoms with Crippen molar-refractivity contribution in [1.82, 2.24) is 0 Å². The first-order valence-corrected chi connectivity index (χ1v) is 29.7. The van der Waals surface area contributed by atoms with Gasteiger partial charge in [-0.2, -0.15) is 0 Å². The van der Waals surface area contributed by atoms with Crippen LogP contribution in [0.4, 0.5) is 0 Å². The highest BCUT2D eigenvalue weighted by Crippen LogP contribution is 2.53. The van der Waals surface area contributed by atoms with E-state index in [9.17, 15) is 20.4 Å². The van der Waals surface area contributed by atoms with Crippen molar-refractivity contribution in [2.45, 2.75) is 13.8 Å². The van der Waals surface area contributed by atoms with Crippen molar-refractivity contribution in [1.29, 1.82) is 0 Å². The molecule has 0 radical (unpaired) electrons. The molecule has 0 atom stereocenters. The van der Waals surface area contributed by atoms with Gasteiger partial charge in [0, 0.05) is 33.4 Å². The lowest BCUT2D eigenvalue weighted by molar-refractivity contribution is 0.468. The summed E-state index contributed by atoms with van der Waals surface area (Å²) in [5.74, 6) is -0.0266. The van der Waals surface area contributed by atoms with E-state index in [1.807, 2.05) is 123 Å². The summed E-state index contributed by atoms with van der Waals surface area (Å²) in [5.41, 5.74) is 4.46. The van der Waals surface area contributed by atoms with Crippen LogP contribution in [0.15, 0.2) is 267 Å². The fourth-order valence-electron chi connectivity index (χ4n) is 12.2. The van der Waals surface area contributed by atoms with Crippen LogP contribution >= 0.6 is 0 Å². The van der Waals surface area contributed by atoms with Crippen LogP contribution in [-0.4, -0.2) is 36.6 Å². The number of fused-ring (bicyclic) bond motifs is 2. The van der Waals surface area contributed by atoms with E-state index in [4.69, 9.17) is 0 Å². The van der Waals surface area contributed by atoms with Gasteiger partial charge in [-0.1, -0.05) is 254 Å². The fourth-order valence-corrected chi connectivity index (χ4v) is 22.1. The first-order chi connectivity index (χ1) is 37.2. The SMILES string of the molecule is Cc1cc(-c2cc3ccccc3c(-c3c(O)c(-c4cc(C)cc([Si](c5ccccc5)(c5ccccc5)c5ccccc5)c4O)cc4ccccc34)c2O)c(O)c([Si](c2ccccc2)(c2ccccc2)c2ccccc2)c1. The van der Waals surface area contributed by atoms with Crippen molar-refractivity contribution in [2.75, 3.05) is 0 Å². The predicted molar refractivity (Wildman–Crippen MR) is 321 cm³/mol. The van der Waals surface area contributed by atoms with Gasteiger partial charge in [-0.3, -0.25) is 0 Å². The Labute approximate surface area is 445 Å². The third kappa shape index (κ3) is 7.72. The number of phenols is 4. The molecule has 4 N–H and O–H groups in total. The Balaban J connectivity index is 1.14. The Morgan fingerprint density at radius 3 is 0.763 bits per heavy atom. The van der Waals surface area contributed by atoms with Crippen molar-refractivity contribution in [3.05, 3.63) is 278 Å². The van der Waals surface area contributed by atoms with E-state index in [0.717, 1.165) is 63.4 Å². The van der Waals surface area contributed by atoms with E-state index in [0.29, 0.717) is 44.2 Å². The lowest BCUT2D eigenvalue weighted by Crippen LogP contribution is -2.74. The van der Waals surface area contributed by atoms with Gasteiger partial charge in [0.05, 0.1) is 0 Å². The molecule has 12 aromatic rings. The van der Waals surface area contributed by atoms with E-state index in [-0.39, 0.29) is 23.0 Å². The third-order valence-electron chi connectivity index (χ3n) is 15.4. The third-order valence-corrected chi connectivity index (χ3v) is 25.0. The summed E-state index contributed by atoms with van der Waals surface area (Å²) in [7, 11) is -6.53. The quantitative estimate of drug-likeness (QED) is 0.0769. The van der Waals surface area contributed by atoms with Crippen LogP contribution in [0.5, 0.6) is 23.0 Å². The fraction of sp³-hybridized carbons (Fsp3) is 0.0286. The Morgan fingerprint density at radius 2 is 0.487 bits per heavy atom. The molecule has 0 saturated heterocycles. The number of hydrogen-bond acceptors (Lipinski definition) is 4. The summed E-state index contributed by atoms with van der Waals surface area (Å²) in [6.45, 7) is 4.09. The molecule has 0 aromatic heterocycles. The number of hydrogen-bond donors (Lipinski definition) is 4. The van der Waals surface area contributed by atoms with Crippen LogP contribution in [-0.2, 0) is 0 Å². The van der Waals surface area contributed by atoms with Crippen LogP contribution in [0.1, 0.15) is 11.1 Å². The molecule has 0 bridgehead atoms. The monoisotopic (exact) mass is 1010 g/mol. The minimum atomic E-state index is -3.27. The second kappa shape index (κ2) is 19.6. The molecular formula is C70H54O4Si2. The highest BCUT2D eigenvalue weighted by atomic mass is 28.3. The normalized spacial score (nSPS) is 11.8. The first kappa shape index (κ1) is 47.8. The lowest BCUT2D eigenvalue weighted by atomic mass is 9.86. The first-order valence-electron chi connectivity index (χ1n) is 25.7. The van der Waals surface area contributed by atoms with Crippen LogP contribution in [0.25, 0.3) is 54.9 Å². The molecule has 0 amide bonds. The Bertz CT molecular complexity index is 3630. The predicted octanol–water partition coefficient (Wildman–Crippen LogP) is 11.2. The van der Waals surface area contributed by atoms with Crippen LogP contribution in [0.2, 0.25) is 0 Å². The number of aromatic hydroxyl groups is 4. The molecule has 0 aliphatic carbocycles. The van der Waals surface area contributed by atoms with Crippen molar-refractivity contribution in [3.63, 3.8) is 0 Å². The summed E-state index contributed by atoms with van der Waals surface area (Å²) in [6.07, 6.45) is 0. The molecule has 12 aromatic carbocycles. The van der Waals surface area contributed by atoms with E-state index in [1.54, 1.807) is 0 Å². The van der Waals surface area contributed by atoms with Gasteiger partial charge in [-0.05, 0) is 101 Å². The Kier molecular flexibility index (Phi) is 12.3. The smallest absolute Gasteiger partial charge is 0.183 e. The summed E-state index contributed by atoms with van der Waals surface area (Å²) >= 11 is 0. The van der Waals surface area contributed by atoms with Gasteiger partial charge in [0.25, 0.3) is 0 Å². The van der Waals surface area contributed by atoms with Crippen molar-refractivity contribution >= 4 is 79.2 Å². The summed E-state index contributed by atoms with van der Waals surface area (Å²) in [4.78, 5) is 0. The second-order valence-electron chi connectivity index (χ2n) is 19.9. The van der Waals surface area contributed by atoms with Crippen molar-refractivity contribution in [3.8, 4) is 56.4 Å². The maximum atomic E-state index is 13.4. The zero-order valence-corrected chi connectivity index (χ0v) is 44.2. The highest BCUT2D eigenvalue weighted by Gasteiger charge is 2.46. The maximum absolute atomic E-state index is 13.4. The Hall–Kier alpha value is -9.21. The molecule has 12 rings (SSSR count). The molecule has 0 aliphatic heterocycles. The molecule has 0 saturated carbocycles. The van der Waals surface area contributed by atoms with E-state index < -0.39 is 16.1 Å². The van der Waals surface area contributed by atoms with Crippen LogP contribution in [0, 0.1) is 13.8 Å². The topological polar surface area (TPSA) is 80.9 Å². The summed E-state index contributed by atoms with van der Waals surface area (Å²) < 4.78 is 0. The van der Waals surface area contributed by atoms with E-state index in [2.05, 4.69) is 158 Å². The molecule has 76 heavy (non-hydrogen) atoms. The summed E-state index contributed by atoms with van der Waals surface area (Å²) in [6, 6.07) is 90.8. The van der Waals surface area contributed by atoms with Crippen molar-refractivity contribution in [2.24, 2.45) is 0 Å². The van der Waals surface area contributed by atoms with Crippen LogP contribution < -0.4 is 41.5 Å². The number of benzene rings is 12. The zero-order valence-electron chi connectivity index (χ0n) is 42.2. The molecule has 366 valence electrons. The average molecular weight is 1020 g/mol. The standard InChI is InChI=1S/C70H54O4Si2/c1-47-41-59(67(71)63(43-47)75(51-27-9-3-10-28-51,52-29-11-4-12-30-52)53-31-13-5-14-32-53)61-45-49-25-21-23-39-57(49)65(69(61)73)66-58-40-24-22-26-50(58)46-62(70(66)74)60-42-48(2)44-64(68(60)72)76(54-33-15-6-16-34-54,55-35-17-7-18-36-55)56-37-19-8-20-38-56/h3-46,71-74H,1-2H3. The molecule has 0 unspecified atom stereocenters. The van der Waals surface area contributed by atoms with Gasteiger partial charge in [-0.15, -0.1) is 0 Å². The van der Waals surface area contributed by atoms with Crippen molar-refractivity contribution < 1.29 is 20.4 Å². The number of aryl methyl sites for hydroxylation is 2. The number of rotatable bonds is 11. The molecule has 0 fully saturated rings. The zero-order chi connectivity index (χ0) is 52.0. The summed E-state index contributed by atoms with van der Waals surface area (Å²) in [5, 5.41) is 64.6. The maximum Gasteiger partial charge on any atom is 0.183 e. The highest BCUT2D eigenvalue weighted by molar-refractivity contribution is 7.21. The van der Waals surface area contributed by atoms with Gasteiger partial charge in [0.1, 0.15) is 23.0 Å². The van der Waals surface area contributed by atoms with Crippen LogP contribution in [0.3, 0.4) is 0 Å². The molecular weight excluding hydrogens is 961 g/mol. The van der Waals surface area contributed by atoms with E-state index >= 15 is 0 Å². The lowest BCUT2D eigenvalue weighted by Gasteiger charge is -2.35. The molecule has 0 heterocycles. The minimum absolute atomic E-state index is 0.0771. The molecule has 0 aliphatic rings. The van der Waals surface area contributed by atoms with Gasteiger partial charge >= 0.3 is 0 Å². The Morgan fingerprint density at radius 1 is 0.250 bits per heavy atom.